The first kappa shape index (κ1) is 16.0. The van der Waals surface area contributed by atoms with E-state index in [-0.39, 0.29) is 0 Å². The highest BCUT2D eigenvalue weighted by molar-refractivity contribution is 6.02. The van der Waals surface area contributed by atoms with E-state index in [1.807, 2.05) is 18.5 Å². The Morgan fingerprint density at radius 1 is 1.04 bits per heavy atom. The maximum absolute atomic E-state index is 4.57. The van der Waals surface area contributed by atoms with Crippen LogP contribution in [0.1, 0.15) is 0 Å². The van der Waals surface area contributed by atoms with Crippen molar-refractivity contribution in [2.75, 3.05) is 38.1 Å². The van der Waals surface area contributed by atoms with E-state index in [1.54, 1.807) is 12.4 Å². The van der Waals surface area contributed by atoms with Gasteiger partial charge >= 0.3 is 0 Å². The van der Waals surface area contributed by atoms with Gasteiger partial charge in [-0.25, -0.2) is 4.98 Å². The van der Waals surface area contributed by atoms with Gasteiger partial charge < -0.3 is 14.8 Å². The molecule has 1 aromatic carbocycles. The molecule has 4 aromatic rings. The normalized spacial score (nSPS) is 15.5. The molecule has 27 heavy (non-hydrogen) atoms. The fourth-order valence-electron chi connectivity index (χ4n) is 3.68. The van der Waals surface area contributed by atoms with Gasteiger partial charge in [0.2, 0.25) is 0 Å². The van der Waals surface area contributed by atoms with Crippen LogP contribution >= 0.6 is 0 Å². The van der Waals surface area contributed by atoms with Crippen molar-refractivity contribution in [2.45, 2.75) is 0 Å². The number of fused-ring (bicyclic) bond motifs is 1. The molecular formula is C20H21N7. The summed E-state index contributed by atoms with van der Waals surface area (Å²) in [4.78, 5) is 16.7. The quantitative estimate of drug-likeness (QED) is 0.588. The number of hydrogen-bond donors (Lipinski definition) is 2. The number of aromatic amines is 2. The highest BCUT2D eigenvalue weighted by Crippen LogP contribution is 2.36. The summed E-state index contributed by atoms with van der Waals surface area (Å²) in [7, 11) is 2.17. The van der Waals surface area contributed by atoms with E-state index < -0.39 is 0 Å². The van der Waals surface area contributed by atoms with Gasteiger partial charge in [-0.1, -0.05) is 6.07 Å². The third-order valence-corrected chi connectivity index (χ3v) is 5.21. The minimum Gasteiger partial charge on any atom is -0.367 e. The second kappa shape index (κ2) is 6.51. The third-order valence-electron chi connectivity index (χ3n) is 5.21. The number of aromatic nitrogens is 5. The fraction of sp³-hybridized carbons (Fsp3) is 0.250. The molecule has 136 valence electrons. The van der Waals surface area contributed by atoms with E-state index in [0.717, 1.165) is 59.7 Å². The van der Waals surface area contributed by atoms with Crippen LogP contribution < -0.4 is 4.90 Å². The highest BCUT2D eigenvalue weighted by atomic mass is 15.3. The Kier molecular flexibility index (Phi) is 3.86. The minimum atomic E-state index is 0.772. The van der Waals surface area contributed by atoms with Crippen LogP contribution in [0.25, 0.3) is 33.5 Å². The SMILES string of the molecule is CN1CCN(c2cc(-c3cccnc3)cc3c(-c4ncc[nH]4)n[nH]c23)CC1. The van der Waals surface area contributed by atoms with E-state index in [4.69, 9.17) is 0 Å². The van der Waals surface area contributed by atoms with E-state index in [2.05, 4.69) is 60.2 Å². The molecule has 7 nitrogen and oxygen atoms in total. The summed E-state index contributed by atoms with van der Waals surface area (Å²) in [6.07, 6.45) is 7.28. The summed E-state index contributed by atoms with van der Waals surface area (Å²) in [6.45, 7) is 4.10. The Hall–Kier alpha value is -3.19. The van der Waals surface area contributed by atoms with Crippen molar-refractivity contribution in [3.8, 4) is 22.6 Å². The van der Waals surface area contributed by atoms with Gasteiger partial charge in [-0.05, 0) is 30.8 Å². The molecule has 0 bridgehead atoms. The maximum Gasteiger partial charge on any atom is 0.158 e. The van der Waals surface area contributed by atoms with Crippen LogP contribution in [0, 0.1) is 0 Å². The number of anilines is 1. The zero-order chi connectivity index (χ0) is 18.2. The van der Waals surface area contributed by atoms with Crippen LogP contribution in [-0.2, 0) is 0 Å². The Morgan fingerprint density at radius 3 is 2.67 bits per heavy atom. The van der Waals surface area contributed by atoms with Crippen molar-refractivity contribution in [3.05, 3.63) is 49.1 Å². The first-order chi connectivity index (χ1) is 13.3. The molecule has 4 heterocycles. The lowest BCUT2D eigenvalue weighted by atomic mass is 10.0. The molecule has 1 saturated heterocycles. The topological polar surface area (TPSA) is 76.7 Å². The summed E-state index contributed by atoms with van der Waals surface area (Å²) < 4.78 is 0. The molecule has 7 heteroatoms. The van der Waals surface area contributed by atoms with Gasteiger partial charge in [0.1, 0.15) is 5.69 Å². The van der Waals surface area contributed by atoms with Gasteiger partial charge in [-0.3, -0.25) is 10.1 Å². The van der Waals surface area contributed by atoms with Crippen LogP contribution in [-0.4, -0.2) is 63.3 Å². The van der Waals surface area contributed by atoms with Crippen LogP contribution in [0.5, 0.6) is 0 Å². The zero-order valence-corrected chi connectivity index (χ0v) is 15.2. The summed E-state index contributed by atoms with van der Waals surface area (Å²) >= 11 is 0. The number of hydrogen-bond acceptors (Lipinski definition) is 5. The second-order valence-corrected chi connectivity index (χ2v) is 6.96. The van der Waals surface area contributed by atoms with Crippen LogP contribution in [0.15, 0.2) is 49.1 Å². The fourth-order valence-corrected chi connectivity index (χ4v) is 3.68. The molecule has 0 amide bonds. The van der Waals surface area contributed by atoms with Gasteiger partial charge in [-0.15, -0.1) is 0 Å². The van der Waals surface area contributed by atoms with Gasteiger partial charge in [0.25, 0.3) is 0 Å². The number of nitrogens with zero attached hydrogens (tertiary/aromatic N) is 5. The standard InChI is InChI=1S/C20H21N7/c1-26-7-9-27(10-8-26)17-12-15(14-3-2-4-21-13-14)11-16-18(17)24-25-19(16)20-22-5-6-23-20/h2-6,11-13H,7-10H2,1H3,(H,22,23)(H,24,25). The Balaban J connectivity index is 1.70. The van der Waals surface area contributed by atoms with Crippen molar-refractivity contribution in [1.29, 1.82) is 0 Å². The largest absolute Gasteiger partial charge is 0.367 e. The molecule has 0 radical (unpaired) electrons. The first-order valence-corrected chi connectivity index (χ1v) is 9.15. The smallest absolute Gasteiger partial charge is 0.158 e. The molecule has 1 fully saturated rings. The monoisotopic (exact) mass is 359 g/mol. The molecule has 0 saturated carbocycles. The zero-order valence-electron chi connectivity index (χ0n) is 15.2. The number of pyridine rings is 1. The summed E-state index contributed by atoms with van der Waals surface area (Å²) in [6, 6.07) is 8.48. The molecule has 1 aliphatic rings. The molecule has 0 spiro atoms. The van der Waals surface area contributed by atoms with Crippen molar-refractivity contribution in [2.24, 2.45) is 0 Å². The molecule has 5 rings (SSSR count). The van der Waals surface area contributed by atoms with E-state index in [0.29, 0.717) is 0 Å². The van der Waals surface area contributed by atoms with Gasteiger partial charge in [0, 0.05) is 61.9 Å². The van der Waals surface area contributed by atoms with Crippen molar-refractivity contribution in [3.63, 3.8) is 0 Å². The van der Waals surface area contributed by atoms with Crippen LogP contribution in [0.4, 0.5) is 5.69 Å². The Labute approximate surface area is 157 Å². The molecule has 0 aliphatic carbocycles. The summed E-state index contributed by atoms with van der Waals surface area (Å²) in [5, 5.41) is 8.89. The molecule has 0 atom stereocenters. The van der Waals surface area contributed by atoms with Gasteiger partial charge in [0.15, 0.2) is 5.82 Å². The number of H-pyrrole nitrogens is 2. The lowest BCUT2D eigenvalue weighted by molar-refractivity contribution is 0.313. The van der Waals surface area contributed by atoms with E-state index in [9.17, 15) is 0 Å². The number of rotatable bonds is 3. The average Bonchev–Trinajstić information content (AvgIpc) is 3.38. The van der Waals surface area contributed by atoms with Crippen LogP contribution in [0.2, 0.25) is 0 Å². The Bertz CT molecular complexity index is 1040. The van der Waals surface area contributed by atoms with Gasteiger partial charge in [0.05, 0.1) is 11.2 Å². The van der Waals surface area contributed by atoms with Crippen LogP contribution in [0.3, 0.4) is 0 Å². The molecule has 2 N–H and O–H groups in total. The lowest BCUT2D eigenvalue weighted by Gasteiger charge is -2.34. The number of benzene rings is 1. The summed E-state index contributed by atoms with van der Waals surface area (Å²) in [5.74, 6) is 0.772. The minimum absolute atomic E-state index is 0.772. The summed E-state index contributed by atoms with van der Waals surface area (Å²) in [5.41, 5.74) is 5.32. The Morgan fingerprint density at radius 2 is 1.93 bits per heavy atom. The lowest BCUT2D eigenvalue weighted by Crippen LogP contribution is -2.44. The third kappa shape index (κ3) is 2.86. The number of nitrogens with one attached hydrogen (secondary N) is 2. The van der Waals surface area contributed by atoms with Gasteiger partial charge in [-0.2, -0.15) is 5.10 Å². The first-order valence-electron chi connectivity index (χ1n) is 9.15. The molecule has 3 aromatic heterocycles. The molecule has 0 unspecified atom stereocenters. The highest BCUT2D eigenvalue weighted by Gasteiger charge is 2.21. The van der Waals surface area contributed by atoms with Crippen molar-refractivity contribution in [1.82, 2.24) is 30.0 Å². The molecule has 1 aliphatic heterocycles. The van der Waals surface area contributed by atoms with Crippen molar-refractivity contribution >= 4 is 16.6 Å². The number of piperazine rings is 1. The predicted molar refractivity (Wildman–Crippen MR) is 107 cm³/mol. The predicted octanol–water partition coefficient (Wildman–Crippen LogP) is 2.77. The molecular weight excluding hydrogens is 338 g/mol. The van der Waals surface area contributed by atoms with E-state index in [1.165, 1.54) is 5.69 Å². The second-order valence-electron chi connectivity index (χ2n) is 6.96. The maximum atomic E-state index is 4.57. The number of imidazole rings is 1. The van der Waals surface area contributed by atoms with Crippen molar-refractivity contribution < 1.29 is 0 Å². The average molecular weight is 359 g/mol. The number of likely N-dealkylation sites (N-methyl/N-ethyl adjacent to an activating group) is 1. The van der Waals surface area contributed by atoms with E-state index >= 15 is 0 Å².